The lowest BCUT2D eigenvalue weighted by Gasteiger charge is -2.32. The van der Waals surface area contributed by atoms with Crippen molar-refractivity contribution in [2.24, 2.45) is 0 Å². The van der Waals surface area contributed by atoms with Gasteiger partial charge in [0, 0.05) is 19.7 Å². The fourth-order valence-electron chi connectivity index (χ4n) is 4.11. The Labute approximate surface area is 230 Å². The number of sulfonamides is 1. The molecule has 208 valence electrons. The van der Waals surface area contributed by atoms with Gasteiger partial charge in [-0.2, -0.15) is 0 Å². The fraction of sp³-hybridized carbons (Fsp3) is 0.310. The average molecular weight is 554 g/mol. The average Bonchev–Trinajstić information content (AvgIpc) is 2.94. The second-order valence-corrected chi connectivity index (χ2v) is 11.0. The molecule has 0 aliphatic carbocycles. The van der Waals surface area contributed by atoms with Crippen molar-refractivity contribution < 1.29 is 27.5 Å². The highest BCUT2D eigenvalue weighted by Crippen LogP contribution is 2.34. The van der Waals surface area contributed by atoms with Gasteiger partial charge in [-0.05, 0) is 56.2 Å². The number of benzene rings is 3. The molecule has 10 heteroatoms. The molecule has 0 saturated heterocycles. The van der Waals surface area contributed by atoms with Crippen LogP contribution in [0.2, 0.25) is 0 Å². The first-order chi connectivity index (χ1) is 18.5. The molecule has 1 atom stereocenters. The van der Waals surface area contributed by atoms with E-state index in [0.717, 1.165) is 21.0 Å². The van der Waals surface area contributed by atoms with Crippen molar-refractivity contribution in [3.8, 4) is 11.5 Å². The lowest BCUT2D eigenvalue weighted by Crippen LogP contribution is -2.50. The summed E-state index contributed by atoms with van der Waals surface area (Å²) in [5.41, 5.74) is 2.90. The molecule has 1 N–H and O–H groups in total. The SMILES string of the molecule is CNC(=O)[C@H](C)N(Cc1ccccc1C)C(=O)CN(c1ccc(OC)c(OC)c1)S(=O)(=O)c1ccc(C)cc1. The van der Waals surface area contributed by atoms with Crippen molar-refractivity contribution in [3.05, 3.63) is 83.4 Å². The van der Waals surface area contributed by atoms with Crippen LogP contribution < -0.4 is 19.1 Å². The summed E-state index contributed by atoms with van der Waals surface area (Å²) >= 11 is 0. The number of carbonyl (C=O) groups excluding carboxylic acids is 2. The van der Waals surface area contributed by atoms with Crippen LogP contribution in [-0.4, -0.2) is 59.0 Å². The molecular formula is C29H35N3O6S. The van der Waals surface area contributed by atoms with E-state index >= 15 is 0 Å². The summed E-state index contributed by atoms with van der Waals surface area (Å²) in [5.74, 6) is -0.187. The normalized spacial score (nSPS) is 11.8. The number of amides is 2. The number of likely N-dealkylation sites (N-methyl/N-ethyl adjacent to an activating group) is 1. The van der Waals surface area contributed by atoms with Crippen LogP contribution in [0.25, 0.3) is 0 Å². The Hall–Kier alpha value is -4.05. The Balaban J connectivity index is 2.10. The maximum atomic E-state index is 13.9. The van der Waals surface area contributed by atoms with Gasteiger partial charge in [-0.1, -0.05) is 42.0 Å². The maximum absolute atomic E-state index is 13.9. The number of aryl methyl sites for hydroxylation is 2. The van der Waals surface area contributed by atoms with Gasteiger partial charge in [-0.3, -0.25) is 13.9 Å². The lowest BCUT2D eigenvalue weighted by atomic mass is 10.1. The highest BCUT2D eigenvalue weighted by atomic mass is 32.2. The van der Waals surface area contributed by atoms with Gasteiger partial charge in [0.25, 0.3) is 10.0 Å². The molecule has 0 unspecified atom stereocenters. The van der Waals surface area contributed by atoms with Gasteiger partial charge < -0.3 is 19.7 Å². The predicted molar refractivity (Wildman–Crippen MR) is 151 cm³/mol. The van der Waals surface area contributed by atoms with E-state index in [2.05, 4.69) is 5.32 Å². The summed E-state index contributed by atoms with van der Waals surface area (Å²) < 4.78 is 39.6. The third kappa shape index (κ3) is 6.69. The first kappa shape index (κ1) is 29.5. The predicted octanol–water partition coefficient (Wildman–Crippen LogP) is 3.68. The lowest BCUT2D eigenvalue weighted by molar-refractivity contribution is -0.139. The van der Waals surface area contributed by atoms with Crippen molar-refractivity contribution in [1.82, 2.24) is 10.2 Å². The molecule has 0 aromatic heterocycles. The fourth-order valence-corrected chi connectivity index (χ4v) is 5.51. The molecule has 0 bridgehead atoms. The van der Waals surface area contributed by atoms with E-state index in [1.54, 1.807) is 31.2 Å². The monoisotopic (exact) mass is 553 g/mol. The molecular weight excluding hydrogens is 518 g/mol. The first-order valence-corrected chi connectivity index (χ1v) is 13.8. The highest BCUT2D eigenvalue weighted by molar-refractivity contribution is 7.92. The van der Waals surface area contributed by atoms with Gasteiger partial charge >= 0.3 is 0 Å². The largest absolute Gasteiger partial charge is 0.493 e. The molecule has 39 heavy (non-hydrogen) atoms. The number of carbonyl (C=O) groups is 2. The number of nitrogens with one attached hydrogen (secondary N) is 1. The molecule has 0 spiro atoms. The zero-order valence-corrected chi connectivity index (χ0v) is 23.9. The number of ether oxygens (including phenoxy) is 2. The van der Waals surface area contributed by atoms with Crippen LogP contribution in [0.3, 0.4) is 0 Å². The summed E-state index contributed by atoms with van der Waals surface area (Å²) in [7, 11) is 0.228. The molecule has 3 rings (SSSR count). The molecule has 0 heterocycles. The van der Waals surface area contributed by atoms with Gasteiger partial charge in [0.2, 0.25) is 11.8 Å². The first-order valence-electron chi connectivity index (χ1n) is 12.4. The summed E-state index contributed by atoms with van der Waals surface area (Å²) in [6.07, 6.45) is 0. The van der Waals surface area contributed by atoms with Crippen LogP contribution in [-0.2, 0) is 26.2 Å². The van der Waals surface area contributed by atoms with Crippen molar-refractivity contribution in [2.45, 2.75) is 38.3 Å². The van der Waals surface area contributed by atoms with E-state index in [9.17, 15) is 18.0 Å². The topological polar surface area (TPSA) is 105 Å². The molecule has 3 aromatic carbocycles. The van der Waals surface area contributed by atoms with Crippen molar-refractivity contribution in [2.75, 3.05) is 32.1 Å². The summed E-state index contributed by atoms with van der Waals surface area (Å²) in [5, 5.41) is 2.58. The molecule has 9 nitrogen and oxygen atoms in total. The minimum Gasteiger partial charge on any atom is -0.493 e. The van der Waals surface area contributed by atoms with Crippen LogP contribution in [0.1, 0.15) is 23.6 Å². The smallest absolute Gasteiger partial charge is 0.264 e. The van der Waals surface area contributed by atoms with Crippen LogP contribution in [0.4, 0.5) is 5.69 Å². The zero-order chi connectivity index (χ0) is 28.7. The molecule has 0 aliphatic heterocycles. The third-order valence-corrected chi connectivity index (χ3v) is 8.35. The minimum atomic E-state index is -4.19. The van der Waals surface area contributed by atoms with Crippen LogP contribution in [0, 0.1) is 13.8 Å². The Morgan fingerprint density at radius 1 is 0.923 bits per heavy atom. The number of anilines is 1. The quantitative estimate of drug-likeness (QED) is 0.389. The van der Waals surface area contributed by atoms with Crippen LogP contribution in [0.15, 0.2) is 71.6 Å². The molecule has 2 amide bonds. The molecule has 0 fully saturated rings. The van der Waals surface area contributed by atoms with Gasteiger partial charge in [0.15, 0.2) is 11.5 Å². The number of hydrogen-bond donors (Lipinski definition) is 1. The Kier molecular flexibility index (Phi) is 9.58. The maximum Gasteiger partial charge on any atom is 0.264 e. The molecule has 3 aromatic rings. The zero-order valence-electron chi connectivity index (χ0n) is 23.1. The number of methoxy groups -OCH3 is 2. The van der Waals surface area contributed by atoms with Crippen LogP contribution in [0.5, 0.6) is 11.5 Å². The molecule has 0 saturated carbocycles. The van der Waals surface area contributed by atoms with Crippen molar-refractivity contribution in [3.63, 3.8) is 0 Å². The second kappa shape index (κ2) is 12.7. The van der Waals surface area contributed by atoms with Crippen LogP contribution >= 0.6 is 0 Å². The Morgan fingerprint density at radius 2 is 1.56 bits per heavy atom. The van der Waals surface area contributed by atoms with Gasteiger partial charge in [0.05, 0.1) is 24.8 Å². The number of rotatable bonds is 11. The molecule has 0 aliphatic rings. The summed E-state index contributed by atoms with van der Waals surface area (Å²) in [6.45, 7) is 4.98. The van der Waals surface area contributed by atoms with Crippen molar-refractivity contribution >= 4 is 27.5 Å². The summed E-state index contributed by atoms with van der Waals surface area (Å²) in [4.78, 5) is 27.9. The Bertz CT molecular complexity index is 1420. The van der Waals surface area contributed by atoms with E-state index in [-0.39, 0.29) is 23.0 Å². The highest BCUT2D eigenvalue weighted by Gasteiger charge is 2.33. The van der Waals surface area contributed by atoms with Crippen molar-refractivity contribution in [1.29, 1.82) is 0 Å². The number of nitrogens with zero attached hydrogens (tertiary/aromatic N) is 2. The van der Waals surface area contributed by atoms with E-state index in [1.807, 2.05) is 38.1 Å². The standard InChI is InChI=1S/C29H35N3O6S/c1-20-11-14-25(15-12-20)39(35,36)32(24-13-16-26(37-5)27(17-24)38-6)19-28(33)31(22(3)29(34)30-4)18-23-10-8-7-9-21(23)2/h7-17,22H,18-19H2,1-6H3,(H,30,34)/t22-/m0/s1. The summed E-state index contributed by atoms with van der Waals surface area (Å²) in [6, 6.07) is 17.7. The molecule has 0 radical (unpaired) electrons. The van der Waals surface area contributed by atoms with Gasteiger partial charge in [0.1, 0.15) is 12.6 Å². The van der Waals surface area contributed by atoms with E-state index in [0.29, 0.717) is 11.5 Å². The Morgan fingerprint density at radius 3 is 2.15 bits per heavy atom. The van der Waals surface area contributed by atoms with Gasteiger partial charge in [-0.15, -0.1) is 0 Å². The minimum absolute atomic E-state index is 0.0282. The van der Waals surface area contributed by atoms with E-state index in [4.69, 9.17) is 9.47 Å². The second-order valence-electron chi connectivity index (χ2n) is 9.10. The van der Waals surface area contributed by atoms with Gasteiger partial charge in [-0.25, -0.2) is 8.42 Å². The number of hydrogen-bond acceptors (Lipinski definition) is 6. The van der Waals surface area contributed by atoms with E-state index in [1.165, 1.54) is 44.4 Å². The third-order valence-electron chi connectivity index (χ3n) is 6.56. The van der Waals surface area contributed by atoms with E-state index < -0.39 is 28.5 Å².